The van der Waals surface area contributed by atoms with Crippen molar-refractivity contribution in [1.29, 1.82) is 0 Å². The first-order chi connectivity index (χ1) is 16.2. The van der Waals surface area contributed by atoms with Crippen molar-refractivity contribution in [3.63, 3.8) is 0 Å². The van der Waals surface area contributed by atoms with E-state index in [1.807, 2.05) is 29.6 Å². The monoisotopic (exact) mass is 504 g/mol. The Morgan fingerprint density at radius 1 is 1.24 bits per heavy atom. The number of nitrogens with one attached hydrogen (secondary N) is 2. The molecule has 3 atom stereocenters. The summed E-state index contributed by atoms with van der Waals surface area (Å²) in [4.78, 5) is 31.2. The zero-order valence-electron chi connectivity index (χ0n) is 19.6. The number of nitrogens with zero attached hydrogens (tertiary/aromatic N) is 2. The summed E-state index contributed by atoms with van der Waals surface area (Å²) in [6.45, 7) is 2.45. The maximum atomic E-state index is 13.0. The average molecular weight is 505 g/mol. The van der Waals surface area contributed by atoms with Gasteiger partial charge in [0.1, 0.15) is 6.04 Å². The van der Waals surface area contributed by atoms with Crippen molar-refractivity contribution >= 4 is 33.0 Å². The van der Waals surface area contributed by atoms with Crippen molar-refractivity contribution in [1.82, 2.24) is 20.4 Å². The van der Waals surface area contributed by atoms with Gasteiger partial charge in [-0.05, 0) is 49.0 Å². The zero-order chi connectivity index (χ0) is 24.3. The van der Waals surface area contributed by atoms with Gasteiger partial charge in [0.15, 0.2) is 9.84 Å². The third kappa shape index (κ3) is 5.86. The van der Waals surface area contributed by atoms with E-state index in [4.69, 9.17) is 0 Å². The van der Waals surface area contributed by atoms with E-state index in [0.717, 1.165) is 23.4 Å². The van der Waals surface area contributed by atoms with Gasteiger partial charge in [-0.15, -0.1) is 11.3 Å². The molecule has 0 spiro atoms. The number of amides is 2. The van der Waals surface area contributed by atoms with Crippen LogP contribution in [0.4, 0.5) is 0 Å². The highest BCUT2D eigenvalue weighted by Crippen LogP contribution is 2.28. The first-order valence-corrected chi connectivity index (χ1v) is 14.3. The molecule has 1 aromatic heterocycles. The van der Waals surface area contributed by atoms with Gasteiger partial charge in [0.25, 0.3) is 0 Å². The summed E-state index contributed by atoms with van der Waals surface area (Å²) in [7, 11) is -1.18. The Kier molecular flexibility index (Phi) is 7.71. The topological polar surface area (TPSA) is 98.8 Å². The predicted octanol–water partition coefficient (Wildman–Crippen LogP) is 1.62. The van der Waals surface area contributed by atoms with Crippen LogP contribution < -0.4 is 10.6 Å². The van der Waals surface area contributed by atoms with Gasteiger partial charge < -0.3 is 10.6 Å². The summed E-state index contributed by atoms with van der Waals surface area (Å²) in [5.41, 5.74) is 0.978. The van der Waals surface area contributed by atoms with Gasteiger partial charge in [0.05, 0.1) is 11.4 Å². The Labute approximate surface area is 205 Å². The van der Waals surface area contributed by atoms with Gasteiger partial charge in [0.2, 0.25) is 11.8 Å². The van der Waals surface area contributed by atoms with Crippen LogP contribution in [0.3, 0.4) is 0 Å². The highest BCUT2D eigenvalue weighted by molar-refractivity contribution is 7.90. The second-order valence-corrected chi connectivity index (χ2v) is 12.2. The summed E-state index contributed by atoms with van der Waals surface area (Å²) in [6, 6.07) is 10.8. The lowest BCUT2D eigenvalue weighted by Crippen LogP contribution is -2.49. The van der Waals surface area contributed by atoms with Crippen LogP contribution in [0.15, 0.2) is 46.7 Å². The van der Waals surface area contributed by atoms with Gasteiger partial charge in [-0.25, -0.2) is 8.42 Å². The summed E-state index contributed by atoms with van der Waals surface area (Å²) >= 11 is 1.63. The molecule has 2 fully saturated rings. The van der Waals surface area contributed by atoms with Crippen LogP contribution in [-0.4, -0.2) is 74.6 Å². The number of thiophene rings is 1. The number of rotatable bonds is 8. The summed E-state index contributed by atoms with van der Waals surface area (Å²) in [6.07, 6.45) is 3.17. The second kappa shape index (κ2) is 10.6. The largest absolute Gasteiger partial charge is 0.353 e. The molecule has 2 N–H and O–H groups in total. The molecule has 3 unspecified atom stereocenters. The standard InChI is InChI=1S/C24H32N4O4S2/c1-27-18(7-10-22(29)25-15-19-4-3-13-33-19)14-26-24(30)23-21(27)11-12-28(23)16-17-5-8-20(9-6-17)34(2,31)32/h3-6,8-9,13,18,21,23H,7,10-12,14-16H2,1-2H3,(H,25,29)(H,26,30). The number of hydrogen-bond donors (Lipinski definition) is 2. The molecule has 1 aromatic carbocycles. The Bertz CT molecular complexity index is 1100. The molecule has 0 aliphatic carbocycles. The highest BCUT2D eigenvalue weighted by atomic mass is 32.2. The molecule has 0 radical (unpaired) electrons. The summed E-state index contributed by atoms with van der Waals surface area (Å²) in [5.74, 6) is 0.0475. The number of likely N-dealkylation sites (N-methyl/N-ethyl adjacent to an activating group) is 1. The van der Waals surface area contributed by atoms with Gasteiger partial charge in [0, 0.05) is 49.3 Å². The quantitative estimate of drug-likeness (QED) is 0.567. The van der Waals surface area contributed by atoms with Crippen molar-refractivity contribution < 1.29 is 18.0 Å². The second-order valence-electron chi connectivity index (χ2n) is 9.15. The SMILES string of the molecule is CN1C(CCC(=O)NCc2cccs2)CNC(=O)C2C1CCN2Cc1ccc(S(C)(=O)=O)cc1. The van der Waals surface area contributed by atoms with Crippen molar-refractivity contribution in [3.8, 4) is 0 Å². The molecule has 0 bridgehead atoms. The lowest BCUT2D eigenvalue weighted by molar-refractivity contribution is -0.126. The van der Waals surface area contributed by atoms with Gasteiger partial charge in [-0.1, -0.05) is 18.2 Å². The van der Waals surface area contributed by atoms with Crippen molar-refractivity contribution in [2.75, 3.05) is 26.4 Å². The molecule has 8 nitrogen and oxygen atoms in total. The summed E-state index contributed by atoms with van der Waals surface area (Å²) < 4.78 is 23.4. The number of hydrogen-bond acceptors (Lipinski definition) is 7. The maximum absolute atomic E-state index is 13.0. The van der Waals surface area contributed by atoms with Crippen LogP contribution in [-0.2, 0) is 32.5 Å². The van der Waals surface area contributed by atoms with E-state index in [9.17, 15) is 18.0 Å². The molecule has 34 heavy (non-hydrogen) atoms. The molecule has 3 heterocycles. The van der Waals surface area contributed by atoms with E-state index >= 15 is 0 Å². The molecule has 2 amide bonds. The fraction of sp³-hybridized carbons (Fsp3) is 0.500. The number of likely N-dealkylation sites (tertiary alicyclic amines) is 1. The lowest BCUT2D eigenvalue weighted by atomic mass is 10.0. The minimum absolute atomic E-state index is 0.0201. The van der Waals surface area contributed by atoms with E-state index in [2.05, 4.69) is 27.5 Å². The fourth-order valence-corrected chi connectivity index (χ4v) is 6.16. The van der Waals surface area contributed by atoms with Crippen LogP contribution in [0.1, 0.15) is 29.7 Å². The van der Waals surface area contributed by atoms with E-state index in [0.29, 0.717) is 37.4 Å². The van der Waals surface area contributed by atoms with Gasteiger partial charge in [-0.2, -0.15) is 0 Å². The van der Waals surface area contributed by atoms with E-state index in [1.165, 1.54) is 6.26 Å². The normalized spacial score (nSPS) is 23.8. The van der Waals surface area contributed by atoms with Gasteiger partial charge >= 0.3 is 0 Å². The van der Waals surface area contributed by atoms with Crippen LogP contribution in [0.5, 0.6) is 0 Å². The smallest absolute Gasteiger partial charge is 0.239 e. The number of carbonyl (C=O) groups is 2. The zero-order valence-corrected chi connectivity index (χ0v) is 21.2. The highest BCUT2D eigenvalue weighted by Gasteiger charge is 2.44. The Balaban J connectivity index is 1.34. The molecular weight excluding hydrogens is 472 g/mol. The molecule has 10 heteroatoms. The molecule has 4 rings (SSSR count). The first kappa shape index (κ1) is 24.8. The van der Waals surface area contributed by atoms with Gasteiger partial charge in [-0.3, -0.25) is 19.4 Å². The fourth-order valence-electron chi connectivity index (χ4n) is 4.89. The molecule has 2 aliphatic heterocycles. The third-order valence-corrected chi connectivity index (χ3v) is 8.84. The third-order valence-electron chi connectivity index (χ3n) is 6.83. The number of carbonyl (C=O) groups excluding carboxylic acids is 2. The number of sulfone groups is 1. The van der Waals surface area contributed by atoms with E-state index in [-0.39, 0.29) is 29.9 Å². The molecule has 184 valence electrons. The summed E-state index contributed by atoms with van der Waals surface area (Å²) in [5, 5.41) is 8.06. The molecule has 0 saturated carbocycles. The minimum Gasteiger partial charge on any atom is -0.353 e. The van der Waals surface area contributed by atoms with E-state index < -0.39 is 9.84 Å². The maximum Gasteiger partial charge on any atom is 0.239 e. The van der Waals surface area contributed by atoms with Crippen LogP contribution in [0.2, 0.25) is 0 Å². The minimum atomic E-state index is -3.23. The predicted molar refractivity (Wildman–Crippen MR) is 132 cm³/mol. The Hall–Kier alpha value is -2.27. The van der Waals surface area contributed by atoms with Crippen molar-refractivity contribution in [2.24, 2.45) is 0 Å². The molecule has 2 aromatic rings. The number of benzene rings is 1. The Morgan fingerprint density at radius 2 is 2.00 bits per heavy atom. The molecule has 2 saturated heterocycles. The van der Waals surface area contributed by atoms with Crippen molar-refractivity contribution in [2.45, 2.75) is 55.4 Å². The molecule has 2 aliphatic rings. The lowest BCUT2D eigenvalue weighted by Gasteiger charge is -2.33. The van der Waals surface area contributed by atoms with Crippen molar-refractivity contribution in [3.05, 3.63) is 52.2 Å². The van der Waals surface area contributed by atoms with Crippen LogP contribution in [0.25, 0.3) is 0 Å². The average Bonchev–Trinajstić information content (AvgIpc) is 3.44. The van der Waals surface area contributed by atoms with E-state index in [1.54, 1.807) is 23.5 Å². The van der Waals surface area contributed by atoms with Crippen LogP contribution in [0, 0.1) is 0 Å². The first-order valence-electron chi connectivity index (χ1n) is 11.5. The molecular formula is C24H32N4O4S2. The van der Waals surface area contributed by atoms with Crippen LogP contribution >= 0.6 is 11.3 Å². The number of fused-ring (bicyclic) bond motifs is 1. The Morgan fingerprint density at radius 3 is 2.68 bits per heavy atom.